The van der Waals surface area contributed by atoms with E-state index in [0.29, 0.717) is 12.4 Å². The number of oxazole rings is 1. The van der Waals surface area contributed by atoms with Crippen molar-refractivity contribution in [1.29, 1.82) is 0 Å². The molecule has 0 radical (unpaired) electrons. The summed E-state index contributed by atoms with van der Waals surface area (Å²) in [5, 5.41) is 6.56. The fraction of sp³-hybridized carbons (Fsp3) is 0.545. The van der Waals surface area contributed by atoms with Gasteiger partial charge in [-0.1, -0.05) is 46.2 Å². The van der Waals surface area contributed by atoms with Crippen molar-refractivity contribution >= 4 is 5.96 Å². The van der Waals surface area contributed by atoms with E-state index >= 15 is 0 Å². The molecule has 0 aliphatic rings. The maximum Gasteiger partial charge on any atom is 0.213 e. The fourth-order valence-electron chi connectivity index (χ4n) is 2.53. The van der Waals surface area contributed by atoms with Gasteiger partial charge in [0.05, 0.1) is 19.3 Å². The molecule has 2 rings (SSSR count). The average Bonchev–Trinajstić information content (AvgIpc) is 3.15. The predicted octanol–water partition coefficient (Wildman–Crippen LogP) is 4.06. The van der Waals surface area contributed by atoms with E-state index in [2.05, 4.69) is 60.4 Å². The van der Waals surface area contributed by atoms with Crippen LogP contribution in [0.3, 0.4) is 0 Å². The lowest BCUT2D eigenvalue weighted by Crippen LogP contribution is -2.37. The molecule has 0 atom stereocenters. The Balaban J connectivity index is 1.73. The van der Waals surface area contributed by atoms with E-state index in [4.69, 9.17) is 9.15 Å². The summed E-state index contributed by atoms with van der Waals surface area (Å²) in [4.78, 5) is 8.58. The summed E-state index contributed by atoms with van der Waals surface area (Å²) in [5.74, 6) is 3.21. The number of benzene rings is 1. The van der Waals surface area contributed by atoms with Crippen LogP contribution in [0.25, 0.3) is 0 Å². The minimum atomic E-state index is -0.0399. The first-order valence-electron chi connectivity index (χ1n) is 10.0. The third kappa shape index (κ3) is 7.25. The first kappa shape index (κ1) is 21.8. The van der Waals surface area contributed by atoms with Crippen LogP contribution in [0.1, 0.15) is 57.8 Å². The highest BCUT2D eigenvalue weighted by molar-refractivity contribution is 5.79. The molecule has 0 saturated carbocycles. The largest absolute Gasteiger partial charge is 0.494 e. The van der Waals surface area contributed by atoms with Crippen molar-refractivity contribution in [2.75, 3.05) is 20.2 Å². The standard InChI is InChI=1S/C22H34N4O2/c1-6-7-14-27-18-10-8-17(9-11-18)12-13-24-21(23-5)26-16-20-25-15-19(28-20)22(2,3)4/h8-11,15H,6-7,12-14,16H2,1-5H3,(H2,23,24,26). The van der Waals surface area contributed by atoms with Crippen molar-refractivity contribution in [2.45, 2.75) is 58.9 Å². The molecular weight excluding hydrogens is 352 g/mol. The Morgan fingerprint density at radius 2 is 1.93 bits per heavy atom. The number of nitrogens with zero attached hydrogens (tertiary/aromatic N) is 2. The quantitative estimate of drug-likeness (QED) is 0.386. The highest BCUT2D eigenvalue weighted by Crippen LogP contribution is 2.22. The Morgan fingerprint density at radius 1 is 1.18 bits per heavy atom. The first-order valence-corrected chi connectivity index (χ1v) is 10.0. The molecule has 0 fully saturated rings. The summed E-state index contributed by atoms with van der Waals surface area (Å²) in [6.07, 6.45) is 4.93. The summed E-state index contributed by atoms with van der Waals surface area (Å²) < 4.78 is 11.5. The van der Waals surface area contributed by atoms with Crippen LogP contribution >= 0.6 is 0 Å². The van der Waals surface area contributed by atoms with E-state index in [9.17, 15) is 0 Å². The van der Waals surface area contributed by atoms with Gasteiger partial charge in [-0.15, -0.1) is 0 Å². The number of aliphatic imine (C=N–C) groups is 1. The van der Waals surface area contributed by atoms with E-state index in [1.54, 1.807) is 13.2 Å². The van der Waals surface area contributed by atoms with Gasteiger partial charge in [0.2, 0.25) is 5.89 Å². The summed E-state index contributed by atoms with van der Waals surface area (Å²) in [7, 11) is 1.76. The number of unbranched alkanes of at least 4 members (excludes halogenated alkanes) is 1. The summed E-state index contributed by atoms with van der Waals surface area (Å²) >= 11 is 0. The lowest BCUT2D eigenvalue weighted by Gasteiger charge is -2.13. The van der Waals surface area contributed by atoms with Crippen LogP contribution in [0.15, 0.2) is 39.9 Å². The minimum absolute atomic E-state index is 0.0399. The maximum absolute atomic E-state index is 5.79. The third-order valence-corrected chi connectivity index (χ3v) is 4.32. The lowest BCUT2D eigenvalue weighted by atomic mass is 9.94. The summed E-state index contributed by atoms with van der Waals surface area (Å²) in [6.45, 7) is 10.5. The second kappa shape index (κ2) is 10.7. The highest BCUT2D eigenvalue weighted by Gasteiger charge is 2.19. The van der Waals surface area contributed by atoms with E-state index in [1.807, 2.05) is 12.1 Å². The van der Waals surface area contributed by atoms with Gasteiger partial charge in [-0.05, 0) is 30.5 Å². The molecule has 1 heterocycles. The van der Waals surface area contributed by atoms with Crippen LogP contribution in [0.4, 0.5) is 0 Å². The second-order valence-electron chi connectivity index (χ2n) is 7.82. The molecule has 0 saturated heterocycles. The molecule has 1 aromatic carbocycles. The molecule has 0 aliphatic heterocycles. The molecule has 0 spiro atoms. The van der Waals surface area contributed by atoms with E-state index in [1.165, 1.54) is 5.56 Å². The highest BCUT2D eigenvalue weighted by atomic mass is 16.5. The predicted molar refractivity (Wildman–Crippen MR) is 114 cm³/mol. The Morgan fingerprint density at radius 3 is 2.54 bits per heavy atom. The number of aromatic nitrogens is 1. The number of hydrogen-bond acceptors (Lipinski definition) is 4. The molecule has 0 bridgehead atoms. The first-order chi connectivity index (χ1) is 13.4. The maximum atomic E-state index is 5.79. The number of hydrogen-bond donors (Lipinski definition) is 2. The molecule has 0 amide bonds. The topological polar surface area (TPSA) is 71.7 Å². The molecule has 1 aromatic heterocycles. The molecule has 6 heteroatoms. The van der Waals surface area contributed by atoms with Gasteiger partial charge in [0, 0.05) is 19.0 Å². The van der Waals surface area contributed by atoms with Crippen molar-refractivity contribution in [1.82, 2.24) is 15.6 Å². The smallest absolute Gasteiger partial charge is 0.213 e. The van der Waals surface area contributed by atoms with Crippen molar-refractivity contribution in [2.24, 2.45) is 4.99 Å². The normalized spacial score (nSPS) is 12.1. The van der Waals surface area contributed by atoms with Crippen molar-refractivity contribution in [3.8, 4) is 5.75 Å². The van der Waals surface area contributed by atoms with Crippen molar-refractivity contribution in [3.05, 3.63) is 47.7 Å². The van der Waals surface area contributed by atoms with Gasteiger partial charge >= 0.3 is 0 Å². The molecular formula is C22H34N4O2. The Kier molecular flexibility index (Phi) is 8.36. The van der Waals surface area contributed by atoms with Crippen LogP contribution in [0.5, 0.6) is 5.75 Å². The second-order valence-corrected chi connectivity index (χ2v) is 7.82. The van der Waals surface area contributed by atoms with Gasteiger partial charge < -0.3 is 19.8 Å². The summed E-state index contributed by atoms with van der Waals surface area (Å²) in [6, 6.07) is 8.29. The molecule has 0 unspecified atom stereocenters. The van der Waals surface area contributed by atoms with Gasteiger partial charge in [0.25, 0.3) is 0 Å². The zero-order valence-corrected chi connectivity index (χ0v) is 17.8. The van der Waals surface area contributed by atoms with Crippen LogP contribution in [0, 0.1) is 0 Å². The molecule has 154 valence electrons. The van der Waals surface area contributed by atoms with Crippen molar-refractivity contribution < 1.29 is 9.15 Å². The molecule has 2 N–H and O–H groups in total. The molecule has 28 heavy (non-hydrogen) atoms. The Bertz CT molecular complexity index is 730. The van der Waals surface area contributed by atoms with Gasteiger partial charge in [0.15, 0.2) is 5.96 Å². The van der Waals surface area contributed by atoms with Crippen LogP contribution in [0.2, 0.25) is 0 Å². The van der Waals surface area contributed by atoms with Crippen LogP contribution in [-0.2, 0) is 18.4 Å². The Hall–Kier alpha value is -2.50. The minimum Gasteiger partial charge on any atom is -0.494 e. The van der Waals surface area contributed by atoms with Crippen LogP contribution in [-0.4, -0.2) is 31.1 Å². The molecule has 2 aromatic rings. The van der Waals surface area contributed by atoms with Gasteiger partial charge in [-0.3, -0.25) is 4.99 Å². The monoisotopic (exact) mass is 386 g/mol. The van der Waals surface area contributed by atoms with E-state index < -0.39 is 0 Å². The van der Waals surface area contributed by atoms with E-state index in [-0.39, 0.29) is 5.41 Å². The van der Waals surface area contributed by atoms with Gasteiger partial charge in [-0.2, -0.15) is 0 Å². The Labute approximate surface area is 168 Å². The average molecular weight is 387 g/mol. The van der Waals surface area contributed by atoms with E-state index in [0.717, 1.165) is 49.9 Å². The SMILES string of the molecule is CCCCOc1ccc(CCNC(=NC)NCc2ncc(C(C)(C)C)o2)cc1. The number of rotatable bonds is 9. The number of ether oxygens (including phenoxy) is 1. The number of guanidine groups is 1. The zero-order chi connectivity index (χ0) is 20.4. The van der Waals surface area contributed by atoms with Crippen LogP contribution < -0.4 is 15.4 Å². The fourth-order valence-corrected chi connectivity index (χ4v) is 2.53. The van der Waals surface area contributed by atoms with Crippen molar-refractivity contribution in [3.63, 3.8) is 0 Å². The van der Waals surface area contributed by atoms with Gasteiger partial charge in [0.1, 0.15) is 11.5 Å². The molecule has 6 nitrogen and oxygen atoms in total. The molecule has 0 aliphatic carbocycles. The zero-order valence-electron chi connectivity index (χ0n) is 17.8. The lowest BCUT2D eigenvalue weighted by molar-refractivity contribution is 0.309. The summed E-state index contributed by atoms with van der Waals surface area (Å²) in [5.41, 5.74) is 1.22. The number of nitrogens with one attached hydrogen (secondary N) is 2. The van der Waals surface area contributed by atoms with Gasteiger partial charge in [-0.25, -0.2) is 4.98 Å². The third-order valence-electron chi connectivity index (χ3n) is 4.32.